The lowest BCUT2D eigenvalue weighted by molar-refractivity contribution is -0.137. The van der Waals surface area contributed by atoms with Gasteiger partial charge in [-0.15, -0.1) is 0 Å². The van der Waals surface area contributed by atoms with Crippen LogP contribution in [-0.4, -0.2) is 17.8 Å². The lowest BCUT2D eigenvalue weighted by Crippen LogP contribution is -2.18. The number of carbonyl (C=O) groups is 1. The van der Waals surface area contributed by atoms with E-state index in [0.717, 1.165) is 36.7 Å². The smallest absolute Gasteiger partial charge is 0.393 e. The van der Waals surface area contributed by atoms with Gasteiger partial charge in [0.25, 0.3) is 0 Å². The summed E-state index contributed by atoms with van der Waals surface area (Å²) >= 11 is 1.04. The Kier molecular flexibility index (Phi) is 5.18. The number of ether oxygens (including phenoxy) is 1. The molecule has 1 aromatic carbocycles. The number of thioether (sulfide) groups is 1. The van der Waals surface area contributed by atoms with Crippen LogP contribution in [0.5, 0.6) is 0 Å². The summed E-state index contributed by atoms with van der Waals surface area (Å²) in [6.07, 6.45) is -2.73. The molecule has 0 spiro atoms. The molecule has 22 heavy (non-hydrogen) atoms. The van der Waals surface area contributed by atoms with Crippen molar-refractivity contribution in [2.24, 2.45) is 5.73 Å². The van der Waals surface area contributed by atoms with Gasteiger partial charge in [-0.1, -0.05) is 37.2 Å². The number of ketones is 1. The van der Waals surface area contributed by atoms with Gasteiger partial charge >= 0.3 is 6.18 Å². The third-order valence-electron chi connectivity index (χ3n) is 3.19. The molecule has 1 aliphatic heterocycles. The van der Waals surface area contributed by atoms with Crippen LogP contribution in [0.15, 0.2) is 29.3 Å². The molecular formula is C15H16F3NO2S. The first-order chi connectivity index (χ1) is 10.3. The summed E-state index contributed by atoms with van der Waals surface area (Å²) in [7, 11) is 0. The van der Waals surface area contributed by atoms with Crippen LogP contribution in [0.25, 0.3) is 5.57 Å². The van der Waals surface area contributed by atoms with Gasteiger partial charge < -0.3 is 10.5 Å². The second-order valence-corrected chi connectivity index (χ2v) is 5.96. The molecule has 1 atom stereocenters. The quantitative estimate of drug-likeness (QED) is 0.834. The van der Waals surface area contributed by atoms with Crippen LogP contribution in [0.4, 0.5) is 13.2 Å². The highest BCUT2D eigenvalue weighted by Crippen LogP contribution is 2.39. The van der Waals surface area contributed by atoms with E-state index in [1.54, 1.807) is 0 Å². The summed E-state index contributed by atoms with van der Waals surface area (Å²) in [6, 6.07) is 4.61. The summed E-state index contributed by atoms with van der Waals surface area (Å²) in [6.45, 7) is 2.41. The number of hydrogen-bond donors (Lipinski definition) is 1. The summed E-state index contributed by atoms with van der Waals surface area (Å²) in [5.74, 6) is -0.377. The Hall–Kier alpha value is -1.47. The lowest BCUT2D eigenvalue weighted by Gasteiger charge is -2.11. The van der Waals surface area contributed by atoms with Crippen LogP contribution in [0.1, 0.15) is 30.9 Å². The maximum atomic E-state index is 12.8. The molecule has 1 aliphatic rings. The Balaban J connectivity index is 2.22. The Morgan fingerprint density at radius 1 is 1.36 bits per heavy atom. The topological polar surface area (TPSA) is 52.3 Å². The fourth-order valence-corrected chi connectivity index (χ4v) is 3.00. The minimum Gasteiger partial charge on any atom is -0.393 e. The average Bonchev–Trinajstić information content (AvgIpc) is 2.73. The van der Waals surface area contributed by atoms with E-state index >= 15 is 0 Å². The summed E-state index contributed by atoms with van der Waals surface area (Å²) in [4.78, 5) is 12.3. The van der Waals surface area contributed by atoms with Crippen molar-refractivity contribution in [2.75, 3.05) is 6.61 Å². The van der Waals surface area contributed by atoms with Gasteiger partial charge in [0.05, 0.1) is 16.2 Å². The molecule has 0 amide bonds. The van der Waals surface area contributed by atoms with Crippen molar-refractivity contribution in [1.29, 1.82) is 0 Å². The first-order valence-corrected chi connectivity index (χ1v) is 7.72. The molecule has 3 nitrogen and oxygen atoms in total. The monoisotopic (exact) mass is 331 g/mol. The van der Waals surface area contributed by atoms with Gasteiger partial charge in [0, 0.05) is 6.61 Å². The van der Waals surface area contributed by atoms with E-state index in [-0.39, 0.29) is 21.9 Å². The molecule has 2 N–H and O–H groups in total. The van der Waals surface area contributed by atoms with Gasteiger partial charge in [-0.05, 0) is 24.1 Å². The summed E-state index contributed by atoms with van der Waals surface area (Å²) in [5, 5.41) is 0.200. The summed E-state index contributed by atoms with van der Waals surface area (Å²) in [5.41, 5.74) is 4.52. The molecule has 0 aliphatic carbocycles. The Morgan fingerprint density at radius 3 is 2.73 bits per heavy atom. The van der Waals surface area contributed by atoms with Crippen molar-refractivity contribution >= 4 is 23.1 Å². The third-order valence-corrected chi connectivity index (χ3v) is 4.21. The zero-order valence-electron chi connectivity index (χ0n) is 11.9. The number of halogens is 3. The number of unbranched alkanes of at least 4 members (excludes halogenated alkanes) is 1. The van der Waals surface area contributed by atoms with Crippen molar-refractivity contribution in [3.63, 3.8) is 0 Å². The zero-order chi connectivity index (χ0) is 16.3. The van der Waals surface area contributed by atoms with Gasteiger partial charge in [0.2, 0.25) is 5.78 Å². The molecule has 1 aromatic rings. The fraction of sp³-hybridized carbons (Fsp3) is 0.400. The normalized spacial score (nSPS) is 19.1. The molecule has 1 heterocycles. The molecule has 0 saturated carbocycles. The standard InChI is InChI=1S/C15H16F3NO2S/c1-2-3-7-21-14-12(20)11(13(19)22-14)9-5-4-6-10(8-9)15(16,17)18/h4-6,8,14H,2-3,7,19H2,1H3. The van der Waals surface area contributed by atoms with Gasteiger partial charge in [0.1, 0.15) is 0 Å². The van der Waals surface area contributed by atoms with E-state index in [1.807, 2.05) is 6.92 Å². The highest BCUT2D eigenvalue weighted by molar-refractivity contribution is 8.05. The van der Waals surface area contributed by atoms with E-state index in [2.05, 4.69) is 0 Å². The van der Waals surface area contributed by atoms with E-state index in [4.69, 9.17) is 10.5 Å². The van der Waals surface area contributed by atoms with Gasteiger partial charge in [-0.3, -0.25) is 4.79 Å². The number of Topliss-reactive ketones (excluding diaryl/α,β-unsaturated/α-hetero) is 1. The van der Waals surface area contributed by atoms with E-state index in [1.165, 1.54) is 12.1 Å². The first-order valence-electron chi connectivity index (χ1n) is 6.84. The highest BCUT2D eigenvalue weighted by Gasteiger charge is 2.36. The molecule has 0 radical (unpaired) electrons. The molecule has 7 heteroatoms. The maximum Gasteiger partial charge on any atom is 0.416 e. The Morgan fingerprint density at radius 2 is 2.09 bits per heavy atom. The molecule has 0 aromatic heterocycles. The number of hydrogen-bond acceptors (Lipinski definition) is 4. The van der Waals surface area contributed by atoms with Crippen LogP contribution >= 0.6 is 11.8 Å². The lowest BCUT2D eigenvalue weighted by atomic mass is 10.0. The predicted molar refractivity (Wildman–Crippen MR) is 79.8 cm³/mol. The molecular weight excluding hydrogens is 315 g/mol. The van der Waals surface area contributed by atoms with Crippen LogP contribution in [0.2, 0.25) is 0 Å². The number of alkyl halides is 3. The zero-order valence-corrected chi connectivity index (χ0v) is 12.8. The van der Waals surface area contributed by atoms with Crippen molar-refractivity contribution in [3.8, 4) is 0 Å². The van der Waals surface area contributed by atoms with E-state index in [0.29, 0.717) is 6.61 Å². The second kappa shape index (κ2) is 6.75. The predicted octanol–water partition coefficient (Wildman–Crippen LogP) is 3.79. The molecule has 0 fully saturated rings. The van der Waals surface area contributed by atoms with Crippen LogP contribution < -0.4 is 5.73 Å². The summed E-state index contributed by atoms with van der Waals surface area (Å²) < 4.78 is 43.8. The molecule has 0 saturated heterocycles. The largest absolute Gasteiger partial charge is 0.416 e. The van der Waals surface area contributed by atoms with E-state index < -0.39 is 17.2 Å². The number of benzene rings is 1. The second-order valence-electron chi connectivity index (χ2n) is 4.86. The fourth-order valence-electron chi connectivity index (χ4n) is 2.05. The molecule has 2 rings (SSSR count). The first kappa shape index (κ1) is 16.9. The third kappa shape index (κ3) is 3.64. The minimum absolute atomic E-state index is 0.109. The number of rotatable bonds is 5. The number of carbonyl (C=O) groups excluding carboxylic acids is 1. The SMILES string of the molecule is CCCCOC1SC(N)=C(c2cccc(C(F)(F)F)c2)C1=O. The van der Waals surface area contributed by atoms with Crippen molar-refractivity contribution < 1.29 is 22.7 Å². The average molecular weight is 331 g/mol. The molecule has 0 bridgehead atoms. The van der Waals surface area contributed by atoms with Gasteiger partial charge in [-0.25, -0.2) is 0 Å². The van der Waals surface area contributed by atoms with Crippen LogP contribution in [-0.2, 0) is 15.7 Å². The van der Waals surface area contributed by atoms with Crippen LogP contribution in [0, 0.1) is 0 Å². The minimum atomic E-state index is -4.46. The van der Waals surface area contributed by atoms with Crippen molar-refractivity contribution in [1.82, 2.24) is 0 Å². The molecule has 1 unspecified atom stereocenters. The van der Waals surface area contributed by atoms with Gasteiger partial charge in [-0.2, -0.15) is 13.2 Å². The van der Waals surface area contributed by atoms with Crippen molar-refractivity contribution in [2.45, 2.75) is 31.4 Å². The highest BCUT2D eigenvalue weighted by atomic mass is 32.2. The van der Waals surface area contributed by atoms with Crippen LogP contribution in [0.3, 0.4) is 0 Å². The Bertz CT molecular complexity index is 599. The maximum absolute atomic E-state index is 12.8. The Labute approximate surface area is 130 Å². The van der Waals surface area contributed by atoms with Crippen molar-refractivity contribution in [3.05, 3.63) is 40.4 Å². The number of nitrogens with two attached hydrogens (primary N) is 1. The van der Waals surface area contributed by atoms with Gasteiger partial charge in [0.15, 0.2) is 5.44 Å². The molecule has 120 valence electrons. The van der Waals surface area contributed by atoms with E-state index in [9.17, 15) is 18.0 Å².